The highest BCUT2D eigenvalue weighted by Crippen LogP contribution is 2.14. The van der Waals surface area contributed by atoms with Crippen molar-refractivity contribution in [3.05, 3.63) is 59.7 Å². The minimum Gasteiger partial charge on any atom is -0.508 e. The molecule has 0 bridgehead atoms. The average molecular weight is 600 g/mol. The zero-order chi connectivity index (χ0) is 32.1. The number of hydrogen-bond acceptors (Lipinski definition) is 8. The van der Waals surface area contributed by atoms with E-state index in [1.807, 2.05) is 0 Å². The van der Waals surface area contributed by atoms with Gasteiger partial charge in [0.15, 0.2) is 5.96 Å². The molecule has 4 atom stereocenters. The van der Waals surface area contributed by atoms with E-state index < -0.39 is 47.9 Å². The van der Waals surface area contributed by atoms with E-state index in [0.717, 1.165) is 0 Å². The Bertz CT molecular complexity index is 1260. The predicted molar refractivity (Wildman–Crippen MR) is 160 cm³/mol. The molecule has 0 aliphatic heterocycles. The quantitative estimate of drug-likeness (QED) is 0.0676. The number of guanidine groups is 1. The Morgan fingerprint density at radius 1 is 0.744 bits per heavy atom. The fourth-order valence-corrected chi connectivity index (χ4v) is 4.03. The van der Waals surface area contributed by atoms with Crippen LogP contribution in [0.2, 0.25) is 0 Å². The number of amides is 3. The topological polar surface area (TPSA) is 255 Å². The molecule has 4 unspecified atom stereocenters. The molecule has 14 heteroatoms. The van der Waals surface area contributed by atoms with Gasteiger partial charge in [0.2, 0.25) is 17.7 Å². The number of aliphatic imine (C=N–C) groups is 1. The highest BCUT2D eigenvalue weighted by molar-refractivity contribution is 5.94. The largest absolute Gasteiger partial charge is 0.508 e. The van der Waals surface area contributed by atoms with Crippen LogP contribution in [0.15, 0.2) is 53.5 Å². The van der Waals surface area contributed by atoms with Gasteiger partial charge >= 0.3 is 5.97 Å². The Morgan fingerprint density at radius 3 is 1.56 bits per heavy atom. The molecule has 12 N–H and O–H groups in total. The van der Waals surface area contributed by atoms with E-state index in [9.17, 15) is 34.5 Å². The molecule has 0 aromatic heterocycles. The number of benzene rings is 2. The number of carboxylic acid groups (broad SMARTS) is 1. The lowest BCUT2D eigenvalue weighted by Crippen LogP contribution is -2.58. The zero-order valence-corrected chi connectivity index (χ0v) is 24.2. The molecule has 0 aliphatic rings. The Balaban J connectivity index is 2.32. The number of rotatable bonds is 16. The molecule has 0 saturated heterocycles. The van der Waals surface area contributed by atoms with Crippen LogP contribution in [0.4, 0.5) is 0 Å². The van der Waals surface area contributed by atoms with Crippen LogP contribution in [-0.4, -0.2) is 75.7 Å². The van der Waals surface area contributed by atoms with Gasteiger partial charge in [0, 0.05) is 19.4 Å². The lowest BCUT2D eigenvalue weighted by molar-refractivity contribution is -0.142. The highest BCUT2D eigenvalue weighted by atomic mass is 16.4. The maximum atomic E-state index is 13.6. The van der Waals surface area contributed by atoms with Crippen LogP contribution < -0.4 is 33.2 Å². The monoisotopic (exact) mass is 599 g/mol. The first-order chi connectivity index (χ1) is 20.3. The Hall–Kier alpha value is -4.85. The van der Waals surface area contributed by atoms with E-state index in [0.29, 0.717) is 11.1 Å². The molecule has 2 rings (SSSR count). The van der Waals surface area contributed by atoms with Crippen molar-refractivity contribution in [3.63, 3.8) is 0 Å². The van der Waals surface area contributed by atoms with Crippen molar-refractivity contribution in [3.8, 4) is 11.5 Å². The van der Waals surface area contributed by atoms with E-state index >= 15 is 0 Å². The fourth-order valence-electron chi connectivity index (χ4n) is 4.03. The van der Waals surface area contributed by atoms with Crippen molar-refractivity contribution in [2.24, 2.45) is 28.1 Å². The molecular weight excluding hydrogens is 558 g/mol. The van der Waals surface area contributed by atoms with Crippen molar-refractivity contribution in [1.29, 1.82) is 0 Å². The number of carbonyl (C=O) groups is 4. The maximum absolute atomic E-state index is 13.6. The van der Waals surface area contributed by atoms with Crippen LogP contribution in [0.25, 0.3) is 0 Å². The molecule has 43 heavy (non-hydrogen) atoms. The SMILES string of the molecule is CC(C)C(N)C(=O)NC(Cc1ccc(O)cc1)C(=O)NC(Cc1ccc(O)cc1)C(=O)NC(CCCN=C(N)N)C(=O)O. The molecular formula is C29H41N7O7. The van der Waals surface area contributed by atoms with E-state index in [4.69, 9.17) is 17.2 Å². The second-order valence-corrected chi connectivity index (χ2v) is 10.5. The van der Waals surface area contributed by atoms with Crippen LogP contribution in [0.5, 0.6) is 11.5 Å². The number of aliphatic carboxylic acids is 1. The Morgan fingerprint density at radius 2 is 1.16 bits per heavy atom. The summed E-state index contributed by atoms with van der Waals surface area (Å²) in [6.45, 7) is 3.67. The number of nitrogens with two attached hydrogens (primary N) is 3. The van der Waals surface area contributed by atoms with Crippen LogP contribution in [-0.2, 0) is 32.0 Å². The number of carbonyl (C=O) groups excluding carboxylic acids is 3. The van der Waals surface area contributed by atoms with E-state index in [1.54, 1.807) is 38.1 Å². The molecule has 234 valence electrons. The third-order valence-electron chi connectivity index (χ3n) is 6.60. The van der Waals surface area contributed by atoms with Gasteiger partial charge < -0.3 is 48.5 Å². The van der Waals surface area contributed by atoms with Crippen molar-refractivity contribution in [2.75, 3.05) is 6.54 Å². The molecule has 0 spiro atoms. The first-order valence-corrected chi connectivity index (χ1v) is 13.8. The Kier molecular flexibility index (Phi) is 13.2. The first-order valence-electron chi connectivity index (χ1n) is 13.8. The van der Waals surface area contributed by atoms with Crippen molar-refractivity contribution in [1.82, 2.24) is 16.0 Å². The number of hydrogen-bond donors (Lipinski definition) is 9. The van der Waals surface area contributed by atoms with Crippen LogP contribution in [0.1, 0.15) is 37.8 Å². The van der Waals surface area contributed by atoms with Crippen LogP contribution in [0.3, 0.4) is 0 Å². The van der Waals surface area contributed by atoms with Crippen molar-refractivity contribution >= 4 is 29.7 Å². The van der Waals surface area contributed by atoms with Gasteiger partial charge in [-0.25, -0.2) is 4.79 Å². The summed E-state index contributed by atoms with van der Waals surface area (Å²) in [6.07, 6.45) is 0.244. The second-order valence-electron chi connectivity index (χ2n) is 10.5. The second kappa shape index (κ2) is 16.6. The summed E-state index contributed by atoms with van der Waals surface area (Å²) in [5.41, 5.74) is 17.8. The molecule has 2 aromatic carbocycles. The summed E-state index contributed by atoms with van der Waals surface area (Å²) in [5.74, 6) is -3.68. The van der Waals surface area contributed by atoms with Gasteiger partial charge in [0.1, 0.15) is 29.6 Å². The van der Waals surface area contributed by atoms with E-state index in [2.05, 4.69) is 20.9 Å². The normalized spacial score (nSPS) is 13.7. The van der Waals surface area contributed by atoms with Gasteiger partial charge in [-0.2, -0.15) is 0 Å². The molecule has 3 amide bonds. The molecule has 0 saturated carbocycles. The minimum atomic E-state index is -1.29. The summed E-state index contributed by atoms with van der Waals surface area (Å²) in [6, 6.07) is 7.38. The predicted octanol–water partition coefficient (Wildman–Crippen LogP) is -0.541. The fraction of sp³-hybridized carbons (Fsp3) is 0.414. The van der Waals surface area contributed by atoms with Crippen LogP contribution in [0, 0.1) is 5.92 Å². The molecule has 0 fully saturated rings. The lowest BCUT2D eigenvalue weighted by Gasteiger charge is -2.26. The molecule has 2 aromatic rings. The molecule has 0 aliphatic carbocycles. The van der Waals surface area contributed by atoms with Gasteiger partial charge in [-0.15, -0.1) is 0 Å². The highest BCUT2D eigenvalue weighted by Gasteiger charge is 2.31. The smallest absolute Gasteiger partial charge is 0.326 e. The summed E-state index contributed by atoms with van der Waals surface area (Å²) in [5, 5.41) is 36.7. The summed E-state index contributed by atoms with van der Waals surface area (Å²) < 4.78 is 0. The van der Waals surface area contributed by atoms with E-state index in [-0.39, 0.29) is 55.6 Å². The van der Waals surface area contributed by atoms with Gasteiger partial charge in [0.05, 0.1) is 6.04 Å². The summed E-state index contributed by atoms with van der Waals surface area (Å²) in [4.78, 5) is 55.5. The zero-order valence-electron chi connectivity index (χ0n) is 24.2. The average Bonchev–Trinajstić information content (AvgIpc) is 2.95. The van der Waals surface area contributed by atoms with Crippen molar-refractivity contribution < 1.29 is 34.5 Å². The molecule has 0 radical (unpaired) electrons. The minimum absolute atomic E-state index is 0.00123. The van der Waals surface area contributed by atoms with Crippen LogP contribution >= 0.6 is 0 Å². The lowest BCUT2D eigenvalue weighted by atomic mass is 10.00. The van der Waals surface area contributed by atoms with Gasteiger partial charge in [0.25, 0.3) is 0 Å². The number of phenolic OH excluding ortho intramolecular Hbond substituents is 2. The number of aromatic hydroxyl groups is 2. The summed E-state index contributed by atoms with van der Waals surface area (Å²) in [7, 11) is 0. The molecule has 14 nitrogen and oxygen atoms in total. The molecule has 0 heterocycles. The summed E-state index contributed by atoms with van der Waals surface area (Å²) >= 11 is 0. The number of nitrogens with zero attached hydrogens (tertiary/aromatic N) is 1. The first kappa shape index (κ1) is 34.4. The standard InChI is InChI=1S/C29H41N7O7/c1-16(2)24(30)27(41)36-23(15-18-7-11-20(38)12-8-18)26(40)35-22(14-17-5-9-19(37)10-6-17)25(39)34-21(28(42)43)4-3-13-33-29(31)32/h5-12,16,21-24,37-38H,3-4,13-15,30H2,1-2H3,(H,34,39)(H,35,40)(H,36,41)(H,42,43)(H4,31,32,33). The number of carboxylic acids is 1. The third kappa shape index (κ3) is 11.9. The van der Waals surface area contributed by atoms with E-state index in [1.165, 1.54) is 24.3 Å². The van der Waals surface area contributed by atoms with Gasteiger partial charge in [-0.1, -0.05) is 38.1 Å². The maximum Gasteiger partial charge on any atom is 0.326 e. The van der Waals surface area contributed by atoms with Gasteiger partial charge in [-0.05, 0) is 54.2 Å². The van der Waals surface area contributed by atoms with Gasteiger partial charge in [-0.3, -0.25) is 19.4 Å². The van der Waals surface area contributed by atoms with Crippen molar-refractivity contribution in [2.45, 2.75) is 63.7 Å². The Labute approximate surface area is 249 Å². The number of phenols is 2. The number of nitrogens with one attached hydrogen (secondary N) is 3. The third-order valence-corrected chi connectivity index (χ3v) is 6.60.